The molecule has 0 bridgehead atoms. The smallest absolute Gasteiger partial charge is 0.250 e. The fraction of sp³-hybridized carbons (Fsp3) is 0. The van der Waals surface area contributed by atoms with Gasteiger partial charge in [-0.25, -0.2) is 0 Å². The van der Waals surface area contributed by atoms with Gasteiger partial charge < -0.3 is 5.73 Å². The zero-order chi connectivity index (χ0) is 10.7. The van der Waals surface area contributed by atoms with Crippen molar-refractivity contribution < 1.29 is 4.79 Å². The first kappa shape index (κ1) is 9.86. The number of allylic oxidation sites excluding steroid dienone is 2. The molecule has 1 aliphatic rings. The van der Waals surface area contributed by atoms with Crippen LogP contribution < -0.4 is 10.0 Å². The molecule has 0 unspecified atom stereocenters. The Bertz CT molecular complexity index is 440. The number of anilines is 1. The Kier molecular flexibility index (Phi) is 2.78. The first-order chi connectivity index (χ1) is 7.29. The molecule has 1 amide bonds. The summed E-state index contributed by atoms with van der Waals surface area (Å²) in [5.41, 5.74) is 6.65. The third-order valence-electron chi connectivity index (χ3n) is 1.99. The number of carbonyl (C=O) groups excluding carboxylic acids is 1. The van der Waals surface area contributed by atoms with Gasteiger partial charge in [-0.2, -0.15) is 0 Å². The first-order valence-corrected chi connectivity index (χ1v) is 5.31. The summed E-state index contributed by atoms with van der Waals surface area (Å²) >= 11 is 1.51. The zero-order valence-electron chi connectivity index (χ0n) is 7.96. The monoisotopic (exact) mass is 218 g/mol. The van der Waals surface area contributed by atoms with Gasteiger partial charge in [0.1, 0.15) is 0 Å². The van der Waals surface area contributed by atoms with Crippen molar-refractivity contribution in [3.05, 3.63) is 53.6 Å². The quantitative estimate of drug-likeness (QED) is 0.775. The van der Waals surface area contributed by atoms with Crippen molar-refractivity contribution in [2.45, 2.75) is 0 Å². The number of para-hydroxylation sites is 1. The van der Waals surface area contributed by atoms with E-state index in [9.17, 15) is 4.79 Å². The Morgan fingerprint density at radius 1 is 1.27 bits per heavy atom. The van der Waals surface area contributed by atoms with Gasteiger partial charge in [-0.1, -0.05) is 18.2 Å². The SMILES string of the molecule is NC(=O)c1ccccc1N1C=CC=CS1. The fourth-order valence-corrected chi connectivity index (χ4v) is 2.03. The van der Waals surface area contributed by atoms with E-state index in [4.69, 9.17) is 5.73 Å². The van der Waals surface area contributed by atoms with Gasteiger partial charge in [0, 0.05) is 6.20 Å². The number of amides is 1. The molecule has 0 radical (unpaired) electrons. The predicted octanol–water partition coefficient (Wildman–Crippen LogP) is 2.28. The first-order valence-electron chi connectivity index (χ1n) is 4.47. The number of benzene rings is 1. The molecule has 0 fully saturated rings. The minimum atomic E-state index is -0.408. The average molecular weight is 218 g/mol. The van der Waals surface area contributed by atoms with Crippen LogP contribution in [0.25, 0.3) is 0 Å². The molecule has 0 aromatic heterocycles. The highest BCUT2D eigenvalue weighted by Crippen LogP contribution is 2.29. The van der Waals surface area contributed by atoms with Crippen molar-refractivity contribution in [2.24, 2.45) is 5.73 Å². The van der Waals surface area contributed by atoms with E-state index in [1.807, 2.05) is 40.2 Å². The molecule has 1 heterocycles. The maximum Gasteiger partial charge on any atom is 0.250 e. The van der Waals surface area contributed by atoms with Crippen LogP contribution in [0.4, 0.5) is 5.69 Å². The Hall–Kier alpha value is -1.68. The summed E-state index contributed by atoms with van der Waals surface area (Å²) in [6.45, 7) is 0. The van der Waals surface area contributed by atoms with Crippen LogP contribution in [0.1, 0.15) is 10.4 Å². The number of rotatable bonds is 2. The Balaban J connectivity index is 2.39. The second-order valence-corrected chi connectivity index (χ2v) is 3.86. The van der Waals surface area contributed by atoms with Crippen LogP contribution in [0.15, 0.2) is 48.0 Å². The normalized spacial score (nSPS) is 14.3. The van der Waals surface area contributed by atoms with E-state index < -0.39 is 5.91 Å². The highest BCUT2D eigenvalue weighted by molar-refractivity contribution is 8.03. The molecule has 4 heteroatoms. The summed E-state index contributed by atoms with van der Waals surface area (Å²) in [6, 6.07) is 7.28. The highest BCUT2D eigenvalue weighted by atomic mass is 32.2. The van der Waals surface area contributed by atoms with Crippen molar-refractivity contribution >= 4 is 23.5 Å². The van der Waals surface area contributed by atoms with E-state index in [0.29, 0.717) is 5.56 Å². The van der Waals surface area contributed by atoms with Crippen molar-refractivity contribution in [1.82, 2.24) is 0 Å². The average Bonchev–Trinajstić information content (AvgIpc) is 2.30. The third kappa shape index (κ3) is 2.05. The van der Waals surface area contributed by atoms with Gasteiger partial charge in [-0.3, -0.25) is 9.10 Å². The molecule has 0 saturated carbocycles. The third-order valence-corrected chi connectivity index (χ3v) is 2.82. The lowest BCUT2D eigenvalue weighted by Gasteiger charge is -2.20. The van der Waals surface area contributed by atoms with Gasteiger partial charge in [0.15, 0.2) is 0 Å². The molecule has 15 heavy (non-hydrogen) atoms. The lowest BCUT2D eigenvalue weighted by Crippen LogP contribution is -2.16. The maximum atomic E-state index is 11.2. The van der Waals surface area contributed by atoms with E-state index in [1.165, 1.54) is 11.9 Å². The van der Waals surface area contributed by atoms with Gasteiger partial charge >= 0.3 is 0 Å². The molecule has 0 aliphatic carbocycles. The molecule has 2 N–H and O–H groups in total. The minimum absolute atomic E-state index is 0.408. The summed E-state index contributed by atoms with van der Waals surface area (Å²) in [4.78, 5) is 11.2. The van der Waals surface area contributed by atoms with Gasteiger partial charge in [0.25, 0.3) is 5.91 Å². The molecule has 3 nitrogen and oxygen atoms in total. The molecule has 2 rings (SSSR count). The van der Waals surface area contributed by atoms with Crippen molar-refractivity contribution in [3.63, 3.8) is 0 Å². The molecule has 0 saturated heterocycles. The molecule has 1 aromatic carbocycles. The number of primary amides is 1. The summed E-state index contributed by atoms with van der Waals surface area (Å²) in [5, 5.41) is 1.94. The number of nitrogens with two attached hydrogens (primary N) is 1. The lowest BCUT2D eigenvalue weighted by molar-refractivity contribution is 0.100. The molecule has 0 atom stereocenters. The van der Waals surface area contributed by atoms with Crippen molar-refractivity contribution in [2.75, 3.05) is 4.31 Å². The number of carbonyl (C=O) groups is 1. The van der Waals surface area contributed by atoms with Gasteiger partial charge in [0.2, 0.25) is 0 Å². The van der Waals surface area contributed by atoms with E-state index in [2.05, 4.69) is 0 Å². The molecular weight excluding hydrogens is 208 g/mol. The zero-order valence-corrected chi connectivity index (χ0v) is 8.78. The predicted molar refractivity (Wildman–Crippen MR) is 63.3 cm³/mol. The fourth-order valence-electron chi connectivity index (χ4n) is 1.32. The Morgan fingerprint density at radius 3 is 2.73 bits per heavy atom. The van der Waals surface area contributed by atoms with Crippen LogP contribution in [-0.4, -0.2) is 5.91 Å². The molecule has 1 aromatic rings. The van der Waals surface area contributed by atoms with Crippen LogP contribution in [0.5, 0.6) is 0 Å². The summed E-state index contributed by atoms with van der Waals surface area (Å²) in [7, 11) is 0. The topological polar surface area (TPSA) is 46.3 Å². The summed E-state index contributed by atoms with van der Waals surface area (Å²) in [5.74, 6) is -0.408. The molecule has 1 aliphatic heterocycles. The standard InChI is InChI=1S/C11H10N2OS/c12-11(14)9-5-1-2-6-10(9)13-7-3-4-8-15-13/h1-8H,(H2,12,14). The van der Waals surface area contributed by atoms with E-state index >= 15 is 0 Å². The van der Waals surface area contributed by atoms with E-state index in [1.54, 1.807) is 12.1 Å². The van der Waals surface area contributed by atoms with Crippen LogP contribution in [0.2, 0.25) is 0 Å². The van der Waals surface area contributed by atoms with Crippen molar-refractivity contribution in [3.8, 4) is 0 Å². The molecular formula is C11H10N2OS. The van der Waals surface area contributed by atoms with Crippen LogP contribution in [0.3, 0.4) is 0 Å². The number of hydrogen-bond donors (Lipinski definition) is 1. The van der Waals surface area contributed by atoms with Crippen LogP contribution in [-0.2, 0) is 0 Å². The Morgan fingerprint density at radius 2 is 2.07 bits per heavy atom. The number of nitrogens with zero attached hydrogens (tertiary/aromatic N) is 1. The lowest BCUT2D eigenvalue weighted by atomic mass is 10.1. The Labute approximate surface area is 92.4 Å². The van der Waals surface area contributed by atoms with Crippen LogP contribution in [0, 0.1) is 0 Å². The van der Waals surface area contributed by atoms with Gasteiger partial charge in [0.05, 0.1) is 11.3 Å². The van der Waals surface area contributed by atoms with Crippen LogP contribution >= 0.6 is 11.9 Å². The molecule has 0 spiro atoms. The summed E-state index contributed by atoms with van der Waals surface area (Å²) < 4.78 is 1.90. The van der Waals surface area contributed by atoms with Crippen molar-refractivity contribution in [1.29, 1.82) is 0 Å². The van der Waals surface area contributed by atoms with E-state index in [0.717, 1.165) is 5.69 Å². The number of hydrogen-bond acceptors (Lipinski definition) is 3. The molecule has 76 valence electrons. The highest BCUT2D eigenvalue weighted by Gasteiger charge is 2.12. The minimum Gasteiger partial charge on any atom is -0.366 e. The second-order valence-electron chi connectivity index (χ2n) is 2.98. The van der Waals surface area contributed by atoms with Gasteiger partial charge in [-0.15, -0.1) is 0 Å². The van der Waals surface area contributed by atoms with Gasteiger partial charge in [-0.05, 0) is 35.6 Å². The van der Waals surface area contributed by atoms with E-state index in [-0.39, 0.29) is 0 Å². The summed E-state index contributed by atoms with van der Waals surface area (Å²) in [6.07, 6.45) is 5.74. The second kappa shape index (κ2) is 4.23. The maximum absolute atomic E-state index is 11.2. The largest absolute Gasteiger partial charge is 0.366 e.